The molecule has 5 nitrogen and oxygen atoms in total. The van der Waals surface area contributed by atoms with Gasteiger partial charge in [-0.25, -0.2) is 9.78 Å². The number of methoxy groups -OCH3 is 1. The summed E-state index contributed by atoms with van der Waals surface area (Å²) in [7, 11) is 1.71. The predicted molar refractivity (Wildman–Crippen MR) is 73.0 cm³/mol. The number of piperidine rings is 1. The molecular formula is C13H17ClN2O3. The molecule has 2 heterocycles. The summed E-state index contributed by atoms with van der Waals surface area (Å²) in [5.41, 5.74) is 0.102. The minimum atomic E-state index is -1.03. The molecule has 6 heteroatoms. The molecule has 0 atom stereocenters. The smallest absolute Gasteiger partial charge is 0.337 e. The zero-order valence-corrected chi connectivity index (χ0v) is 11.6. The predicted octanol–water partition coefficient (Wildman–Crippen LogP) is 2.30. The maximum Gasteiger partial charge on any atom is 0.337 e. The van der Waals surface area contributed by atoms with E-state index in [1.807, 2.05) is 4.90 Å². The monoisotopic (exact) mass is 284 g/mol. The van der Waals surface area contributed by atoms with Crippen molar-refractivity contribution in [2.75, 3.05) is 31.7 Å². The van der Waals surface area contributed by atoms with Gasteiger partial charge >= 0.3 is 5.97 Å². The molecule has 1 fully saturated rings. The average Bonchev–Trinajstić information content (AvgIpc) is 2.40. The van der Waals surface area contributed by atoms with Crippen LogP contribution in [-0.2, 0) is 4.74 Å². The number of aromatic carboxylic acids is 1. The number of hydrogen-bond acceptors (Lipinski definition) is 4. The number of nitrogens with zero attached hydrogens (tertiary/aromatic N) is 2. The van der Waals surface area contributed by atoms with Crippen molar-refractivity contribution in [2.24, 2.45) is 5.92 Å². The Morgan fingerprint density at radius 3 is 2.84 bits per heavy atom. The number of carboxylic acids is 1. The molecule has 0 aromatic carbocycles. The van der Waals surface area contributed by atoms with Gasteiger partial charge in [-0.05, 0) is 24.8 Å². The summed E-state index contributed by atoms with van der Waals surface area (Å²) >= 11 is 6.12. The van der Waals surface area contributed by atoms with Gasteiger partial charge in [-0.15, -0.1) is 0 Å². The summed E-state index contributed by atoms with van der Waals surface area (Å²) in [4.78, 5) is 17.3. The fraction of sp³-hybridized carbons (Fsp3) is 0.538. The molecule has 0 bridgehead atoms. The highest BCUT2D eigenvalue weighted by Crippen LogP contribution is 2.30. The second kappa shape index (κ2) is 6.21. The van der Waals surface area contributed by atoms with Crippen LogP contribution in [0.4, 0.5) is 5.82 Å². The molecule has 1 aromatic rings. The van der Waals surface area contributed by atoms with Gasteiger partial charge < -0.3 is 14.7 Å². The third-order valence-corrected chi connectivity index (χ3v) is 3.79. The van der Waals surface area contributed by atoms with Gasteiger partial charge in [0.1, 0.15) is 5.82 Å². The molecule has 1 aromatic heterocycles. The Hall–Kier alpha value is -1.33. The summed E-state index contributed by atoms with van der Waals surface area (Å²) in [6, 6.07) is 1.42. The van der Waals surface area contributed by atoms with Crippen molar-refractivity contribution >= 4 is 23.4 Å². The first kappa shape index (κ1) is 14.1. The molecule has 0 amide bonds. The van der Waals surface area contributed by atoms with E-state index in [1.165, 1.54) is 12.3 Å². The Kier molecular flexibility index (Phi) is 4.61. The summed E-state index contributed by atoms with van der Waals surface area (Å²) in [6.07, 6.45) is 3.50. The third-order valence-electron chi connectivity index (χ3n) is 3.42. The van der Waals surface area contributed by atoms with Gasteiger partial charge in [-0.1, -0.05) is 11.6 Å². The Labute approximate surface area is 117 Å². The molecule has 19 heavy (non-hydrogen) atoms. The lowest BCUT2D eigenvalue weighted by Crippen LogP contribution is -2.35. The molecule has 1 saturated heterocycles. The number of carbonyl (C=O) groups is 1. The fourth-order valence-corrected chi connectivity index (χ4v) is 2.68. The van der Waals surface area contributed by atoms with Crippen LogP contribution in [0.1, 0.15) is 23.2 Å². The first-order valence-corrected chi connectivity index (χ1v) is 6.63. The molecule has 1 aliphatic rings. The topological polar surface area (TPSA) is 62.7 Å². The zero-order chi connectivity index (χ0) is 13.8. The largest absolute Gasteiger partial charge is 0.478 e. The highest BCUT2D eigenvalue weighted by atomic mass is 35.5. The SMILES string of the molecule is COCC1CCN(c2nccc(C(=O)O)c2Cl)CC1. The Bertz CT molecular complexity index is 459. The van der Waals surface area contributed by atoms with E-state index in [0.29, 0.717) is 11.7 Å². The van der Waals surface area contributed by atoms with Crippen molar-refractivity contribution in [1.82, 2.24) is 4.98 Å². The van der Waals surface area contributed by atoms with Crippen LogP contribution in [0.3, 0.4) is 0 Å². The number of ether oxygens (including phenoxy) is 1. The van der Waals surface area contributed by atoms with Crippen molar-refractivity contribution in [3.63, 3.8) is 0 Å². The van der Waals surface area contributed by atoms with Crippen molar-refractivity contribution < 1.29 is 14.6 Å². The Morgan fingerprint density at radius 2 is 2.26 bits per heavy atom. The molecule has 0 aliphatic carbocycles. The maximum atomic E-state index is 11.0. The number of anilines is 1. The second-order valence-electron chi connectivity index (χ2n) is 4.69. The highest BCUT2D eigenvalue weighted by Gasteiger charge is 2.23. The minimum absolute atomic E-state index is 0.102. The molecule has 0 spiro atoms. The molecule has 2 rings (SSSR count). The lowest BCUT2D eigenvalue weighted by atomic mass is 9.98. The van der Waals surface area contributed by atoms with E-state index in [1.54, 1.807) is 7.11 Å². The summed E-state index contributed by atoms with van der Waals surface area (Å²) < 4.78 is 5.16. The van der Waals surface area contributed by atoms with Crippen molar-refractivity contribution in [2.45, 2.75) is 12.8 Å². The molecule has 104 valence electrons. The van der Waals surface area contributed by atoms with Crippen LogP contribution in [0.15, 0.2) is 12.3 Å². The number of hydrogen-bond donors (Lipinski definition) is 1. The van der Waals surface area contributed by atoms with Crippen LogP contribution in [0.5, 0.6) is 0 Å². The average molecular weight is 285 g/mol. The maximum absolute atomic E-state index is 11.0. The number of halogens is 1. The molecule has 0 unspecified atom stereocenters. The van der Waals surface area contributed by atoms with Gasteiger partial charge in [0, 0.05) is 33.0 Å². The van der Waals surface area contributed by atoms with E-state index < -0.39 is 5.97 Å². The minimum Gasteiger partial charge on any atom is -0.478 e. The highest BCUT2D eigenvalue weighted by molar-refractivity contribution is 6.35. The van der Waals surface area contributed by atoms with Crippen molar-refractivity contribution in [1.29, 1.82) is 0 Å². The quantitative estimate of drug-likeness (QED) is 0.919. The second-order valence-corrected chi connectivity index (χ2v) is 5.06. The van der Waals surface area contributed by atoms with Crippen molar-refractivity contribution in [3.8, 4) is 0 Å². The van der Waals surface area contributed by atoms with E-state index in [9.17, 15) is 4.79 Å². The number of pyridine rings is 1. The van der Waals surface area contributed by atoms with Crippen LogP contribution in [0.2, 0.25) is 5.02 Å². The van der Waals surface area contributed by atoms with Gasteiger partial charge in [0.25, 0.3) is 0 Å². The van der Waals surface area contributed by atoms with Crippen molar-refractivity contribution in [3.05, 3.63) is 22.8 Å². The first-order chi connectivity index (χ1) is 9.13. The molecule has 1 N–H and O–H groups in total. The lowest BCUT2D eigenvalue weighted by molar-refractivity contribution is 0.0697. The molecule has 1 aliphatic heterocycles. The van der Waals surface area contributed by atoms with Crippen LogP contribution < -0.4 is 4.90 Å². The summed E-state index contributed by atoms with van der Waals surface area (Å²) in [5, 5.41) is 9.28. The lowest BCUT2D eigenvalue weighted by Gasteiger charge is -2.33. The van der Waals surface area contributed by atoms with Crippen LogP contribution in [0.25, 0.3) is 0 Å². The van der Waals surface area contributed by atoms with Gasteiger partial charge in [-0.3, -0.25) is 0 Å². The Balaban J connectivity index is 2.11. The third kappa shape index (κ3) is 3.16. The number of carboxylic acid groups (broad SMARTS) is 1. The van der Waals surface area contributed by atoms with Crippen LogP contribution >= 0.6 is 11.6 Å². The fourth-order valence-electron chi connectivity index (χ4n) is 2.37. The van der Waals surface area contributed by atoms with E-state index in [4.69, 9.17) is 21.4 Å². The van der Waals surface area contributed by atoms with Crippen LogP contribution in [0, 0.1) is 5.92 Å². The normalized spacial score (nSPS) is 16.6. The summed E-state index contributed by atoms with van der Waals surface area (Å²) in [6.45, 7) is 2.41. The number of rotatable bonds is 4. The van der Waals surface area contributed by atoms with E-state index in [-0.39, 0.29) is 10.6 Å². The van der Waals surface area contributed by atoms with Gasteiger partial charge in [0.15, 0.2) is 0 Å². The van der Waals surface area contributed by atoms with Gasteiger partial charge in [0.2, 0.25) is 0 Å². The molecule has 0 radical (unpaired) electrons. The standard InChI is InChI=1S/C13H17ClN2O3/c1-19-8-9-3-6-16(7-4-9)12-11(14)10(13(17)18)2-5-15-12/h2,5,9H,3-4,6-8H2,1H3,(H,17,18). The van der Waals surface area contributed by atoms with Gasteiger partial charge in [-0.2, -0.15) is 0 Å². The molecule has 0 saturated carbocycles. The van der Waals surface area contributed by atoms with E-state index in [0.717, 1.165) is 32.5 Å². The summed E-state index contributed by atoms with van der Waals surface area (Å²) in [5.74, 6) is 0.100. The zero-order valence-electron chi connectivity index (χ0n) is 10.8. The number of aromatic nitrogens is 1. The van der Waals surface area contributed by atoms with E-state index in [2.05, 4.69) is 4.98 Å². The Morgan fingerprint density at radius 1 is 1.58 bits per heavy atom. The first-order valence-electron chi connectivity index (χ1n) is 6.25. The van der Waals surface area contributed by atoms with E-state index >= 15 is 0 Å². The van der Waals surface area contributed by atoms with Crippen LogP contribution in [-0.4, -0.2) is 42.9 Å². The molecular weight excluding hydrogens is 268 g/mol. The van der Waals surface area contributed by atoms with Gasteiger partial charge in [0.05, 0.1) is 10.6 Å².